The summed E-state index contributed by atoms with van der Waals surface area (Å²) in [5.41, 5.74) is 0. The predicted octanol–water partition coefficient (Wildman–Crippen LogP) is -8.20. The Morgan fingerprint density at radius 1 is 1.38 bits per heavy atom. The third kappa shape index (κ3) is 14.0. The van der Waals surface area contributed by atoms with Gasteiger partial charge in [0.15, 0.2) is 0 Å². The summed E-state index contributed by atoms with van der Waals surface area (Å²) in [5.74, 6) is 0.292. The van der Waals surface area contributed by atoms with E-state index in [1.165, 1.54) is 0 Å². The number of nitrogens with zero attached hydrogens (tertiary/aromatic N) is 1. The van der Waals surface area contributed by atoms with Crippen LogP contribution >= 0.6 is 0 Å². The minimum Gasteiger partial charge on any atom is -0.652 e. The normalized spacial score (nSPS) is 13.3. The molecule has 0 radical (unpaired) electrons. The number of carboxylic acid groups (broad SMARTS) is 2. The molecule has 13 heavy (non-hydrogen) atoms. The van der Waals surface area contributed by atoms with Crippen LogP contribution < -0.4 is 113 Å². The Hall–Kier alpha value is 2.01. The number of rotatable bonds is 0. The van der Waals surface area contributed by atoms with E-state index in [0.29, 0.717) is 5.91 Å². The molecular weight excluding hydrogens is 228 g/mol. The van der Waals surface area contributed by atoms with Crippen molar-refractivity contribution in [2.24, 2.45) is 0 Å². The van der Waals surface area contributed by atoms with Crippen molar-refractivity contribution in [1.29, 1.82) is 0 Å². The van der Waals surface area contributed by atoms with Gasteiger partial charge in [0, 0.05) is 20.0 Å². The van der Waals surface area contributed by atoms with Crippen LogP contribution in [-0.2, 0) is 4.79 Å². The second kappa shape index (κ2) is 12.1. The van der Waals surface area contributed by atoms with E-state index in [4.69, 9.17) is 15.0 Å². The maximum absolute atomic E-state index is 10.5. The standard InChI is InChI=1S/C5H9NO.CH2O3.2K/c1-6-4-2-3-5(6)7;2-1(3)4;;/h2-4H2,1H3;(H2,2,3,4);;/q;;2*+1/p-2. The molecule has 0 aromatic rings. The van der Waals surface area contributed by atoms with Crippen LogP contribution in [0.5, 0.6) is 0 Å². The molecule has 0 unspecified atom stereocenters. The van der Waals surface area contributed by atoms with Crippen LogP contribution in [-0.4, -0.2) is 30.6 Å². The zero-order valence-electron chi connectivity index (χ0n) is 8.20. The molecular formula is C6H9K2NO4. The van der Waals surface area contributed by atoms with Gasteiger partial charge < -0.3 is 19.9 Å². The van der Waals surface area contributed by atoms with Crippen LogP contribution in [0.3, 0.4) is 0 Å². The molecule has 1 rings (SSSR count). The first-order valence-electron chi connectivity index (χ1n) is 3.16. The summed E-state index contributed by atoms with van der Waals surface area (Å²) in [6, 6.07) is 0. The SMILES string of the molecule is CN1CCCC1=O.O=C([O-])[O-].[K+].[K+]. The maximum atomic E-state index is 10.5. The molecule has 7 heteroatoms. The van der Waals surface area contributed by atoms with E-state index in [-0.39, 0.29) is 103 Å². The molecule has 0 atom stereocenters. The van der Waals surface area contributed by atoms with E-state index in [1.807, 2.05) is 7.05 Å². The number of carbonyl (C=O) groups is 2. The molecule has 1 aliphatic rings. The molecule has 1 heterocycles. The molecule has 1 aliphatic heterocycles. The largest absolute Gasteiger partial charge is 1.00 e. The van der Waals surface area contributed by atoms with E-state index < -0.39 is 6.16 Å². The summed E-state index contributed by atoms with van der Waals surface area (Å²) in [7, 11) is 1.84. The van der Waals surface area contributed by atoms with Crippen molar-refractivity contribution in [3.8, 4) is 0 Å². The summed E-state index contributed by atoms with van der Waals surface area (Å²) in [6.07, 6.45) is -0.522. The zero-order valence-corrected chi connectivity index (χ0v) is 14.4. The van der Waals surface area contributed by atoms with E-state index >= 15 is 0 Å². The number of amides is 1. The fourth-order valence-electron chi connectivity index (χ4n) is 0.783. The molecule has 1 fully saturated rings. The van der Waals surface area contributed by atoms with Gasteiger partial charge in [-0.05, 0) is 12.6 Å². The van der Waals surface area contributed by atoms with Crippen molar-refractivity contribution in [2.75, 3.05) is 13.6 Å². The van der Waals surface area contributed by atoms with Gasteiger partial charge in [-0.1, -0.05) is 0 Å². The Bertz CT molecular complexity index is 161. The molecule has 0 saturated carbocycles. The molecule has 0 aromatic carbocycles. The second-order valence-electron chi connectivity index (χ2n) is 2.17. The first kappa shape index (κ1) is 20.4. The minimum atomic E-state index is -2.33. The first-order chi connectivity index (χ1) is 5.04. The van der Waals surface area contributed by atoms with Gasteiger partial charge in [0.1, 0.15) is 0 Å². The van der Waals surface area contributed by atoms with Gasteiger partial charge in [-0.2, -0.15) is 0 Å². The third-order valence-electron chi connectivity index (χ3n) is 1.31. The monoisotopic (exact) mass is 237 g/mol. The van der Waals surface area contributed by atoms with E-state index in [1.54, 1.807) is 4.90 Å². The minimum absolute atomic E-state index is 0. The van der Waals surface area contributed by atoms with E-state index in [0.717, 1.165) is 19.4 Å². The van der Waals surface area contributed by atoms with Gasteiger partial charge in [-0.15, -0.1) is 0 Å². The fourth-order valence-corrected chi connectivity index (χ4v) is 0.783. The van der Waals surface area contributed by atoms with Crippen molar-refractivity contribution in [1.82, 2.24) is 4.90 Å². The molecule has 5 nitrogen and oxygen atoms in total. The van der Waals surface area contributed by atoms with Crippen LogP contribution in [0.25, 0.3) is 0 Å². The summed E-state index contributed by atoms with van der Waals surface area (Å²) >= 11 is 0. The van der Waals surface area contributed by atoms with Crippen molar-refractivity contribution in [2.45, 2.75) is 12.8 Å². The Morgan fingerprint density at radius 3 is 1.85 bits per heavy atom. The first-order valence-corrected chi connectivity index (χ1v) is 3.16. The number of carbonyl (C=O) groups excluding carboxylic acids is 2. The average molecular weight is 237 g/mol. The Kier molecular flexibility index (Phi) is 19.0. The molecule has 64 valence electrons. The summed E-state index contributed by atoms with van der Waals surface area (Å²) in [6.45, 7) is 0.957. The van der Waals surface area contributed by atoms with Crippen LogP contribution in [0.1, 0.15) is 12.8 Å². The molecule has 1 saturated heterocycles. The van der Waals surface area contributed by atoms with Gasteiger partial charge in [0.25, 0.3) is 0 Å². The van der Waals surface area contributed by atoms with Crippen LogP contribution in [0.15, 0.2) is 0 Å². The van der Waals surface area contributed by atoms with Crippen LogP contribution in [0.4, 0.5) is 4.79 Å². The summed E-state index contributed by atoms with van der Waals surface area (Å²) < 4.78 is 0. The molecule has 0 N–H and O–H groups in total. The van der Waals surface area contributed by atoms with Gasteiger partial charge in [0.05, 0.1) is 0 Å². The molecule has 0 aromatic heterocycles. The predicted molar refractivity (Wildman–Crippen MR) is 32.3 cm³/mol. The molecule has 0 bridgehead atoms. The van der Waals surface area contributed by atoms with Gasteiger partial charge >= 0.3 is 103 Å². The zero-order chi connectivity index (χ0) is 8.85. The molecule has 0 aliphatic carbocycles. The second-order valence-corrected chi connectivity index (χ2v) is 2.17. The van der Waals surface area contributed by atoms with Gasteiger partial charge in [-0.3, -0.25) is 4.79 Å². The number of likely N-dealkylation sites (tertiary alicyclic amines) is 1. The van der Waals surface area contributed by atoms with Gasteiger partial charge in [-0.25, -0.2) is 0 Å². The quantitative estimate of drug-likeness (QED) is 0.392. The Labute approximate surface area is 162 Å². The van der Waals surface area contributed by atoms with Crippen molar-refractivity contribution in [3.63, 3.8) is 0 Å². The summed E-state index contributed by atoms with van der Waals surface area (Å²) in [5, 5.41) is 16.7. The number of hydrogen-bond acceptors (Lipinski definition) is 4. The van der Waals surface area contributed by atoms with Crippen LogP contribution in [0.2, 0.25) is 0 Å². The Balaban J connectivity index is -0.000000150. The van der Waals surface area contributed by atoms with E-state index in [9.17, 15) is 4.79 Å². The van der Waals surface area contributed by atoms with Crippen molar-refractivity contribution >= 4 is 12.1 Å². The van der Waals surface area contributed by atoms with Gasteiger partial charge in [0.2, 0.25) is 5.91 Å². The van der Waals surface area contributed by atoms with Crippen molar-refractivity contribution in [3.05, 3.63) is 0 Å². The topological polar surface area (TPSA) is 83.5 Å². The number of hydrogen-bond donors (Lipinski definition) is 0. The van der Waals surface area contributed by atoms with E-state index in [2.05, 4.69) is 0 Å². The average Bonchev–Trinajstić information content (AvgIpc) is 2.15. The Morgan fingerprint density at radius 2 is 1.77 bits per heavy atom. The maximum Gasteiger partial charge on any atom is 1.00 e. The third-order valence-corrected chi connectivity index (χ3v) is 1.31. The summed E-state index contributed by atoms with van der Waals surface area (Å²) in [4.78, 5) is 20.6. The fraction of sp³-hybridized carbons (Fsp3) is 0.667. The smallest absolute Gasteiger partial charge is 0.652 e. The molecule has 0 spiro atoms. The van der Waals surface area contributed by atoms with Crippen molar-refractivity contribution < 1.29 is 123 Å². The molecule has 1 amide bonds. The van der Waals surface area contributed by atoms with Crippen LogP contribution in [0, 0.1) is 0 Å².